The van der Waals surface area contributed by atoms with E-state index in [0.29, 0.717) is 13.0 Å². The van der Waals surface area contributed by atoms with Gasteiger partial charge in [-0.05, 0) is 30.9 Å². The number of aliphatic hydroxyl groups excluding tert-OH is 1. The molecule has 92 valence electrons. The fourth-order valence-corrected chi connectivity index (χ4v) is 1.90. The van der Waals surface area contributed by atoms with Crippen LogP contribution in [0.5, 0.6) is 0 Å². The van der Waals surface area contributed by atoms with E-state index in [1.54, 1.807) is 0 Å². The van der Waals surface area contributed by atoms with Crippen LogP contribution >= 0.6 is 0 Å². The van der Waals surface area contributed by atoms with Crippen LogP contribution in [0.25, 0.3) is 0 Å². The first-order valence-electron chi connectivity index (χ1n) is 6.07. The van der Waals surface area contributed by atoms with E-state index in [2.05, 4.69) is 5.32 Å². The summed E-state index contributed by atoms with van der Waals surface area (Å²) in [7, 11) is 0. The van der Waals surface area contributed by atoms with E-state index in [-0.39, 0.29) is 17.9 Å². The van der Waals surface area contributed by atoms with Gasteiger partial charge in [-0.15, -0.1) is 0 Å². The van der Waals surface area contributed by atoms with Gasteiger partial charge in [0, 0.05) is 12.0 Å². The van der Waals surface area contributed by atoms with Crippen molar-refractivity contribution in [2.45, 2.75) is 26.2 Å². The second-order valence-electron chi connectivity index (χ2n) is 5.04. The second-order valence-corrected chi connectivity index (χ2v) is 5.04. The summed E-state index contributed by atoms with van der Waals surface area (Å²) >= 11 is 0. The molecule has 0 bridgehead atoms. The Hall–Kier alpha value is -1.35. The average molecular weight is 233 g/mol. The molecule has 0 atom stereocenters. The molecule has 17 heavy (non-hydrogen) atoms. The third kappa shape index (κ3) is 3.07. The summed E-state index contributed by atoms with van der Waals surface area (Å²) in [4.78, 5) is 11.8. The first-order chi connectivity index (χ1) is 8.15. The molecule has 0 unspecified atom stereocenters. The van der Waals surface area contributed by atoms with Crippen LogP contribution in [0.4, 0.5) is 0 Å². The molecular formula is C14H19NO2. The van der Waals surface area contributed by atoms with Crippen LogP contribution in [0.2, 0.25) is 0 Å². The quantitative estimate of drug-likeness (QED) is 0.808. The molecule has 1 fully saturated rings. The molecule has 0 spiro atoms. The number of amides is 1. The number of nitrogens with one attached hydrogen (secondary N) is 1. The van der Waals surface area contributed by atoms with Gasteiger partial charge in [0.05, 0.1) is 13.0 Å². The predicted octanol–water partition coefficient (Wildman–Crippen LogP) is 1.43. The summed E-state index contributed by atoms with van der Waals surface area (Å²) in [6.45, 7) is 2.80. The van der Waals surface area contributed by atoms with Crippen molar-refractivity contribution in [2.75, 3.05) is 13.2 Å². The maximum Gasteiger partial charge on any atom is 0.224 e. The van der Waals surface area contributed by atoms with Gasteiger partial charge in [0.15, 0.2) is 0 Å². The largest absolute Gasteiger partial charge is 0.396 e. The molecule has 0 aromatic heterocycles. The van der Waals surface area contributed by atoms with Crippen molar-refractivity contribution in [3.8, 4) is 0 Å². The van der Waals surface area contributed by atoms with E-state index in [1.165, 1.54) is 0 Å². The van der Waals surface area contributed by atoms with E-state index in [9.17, 15) is 4.79 Å². The first kappa shape index (κ1) is 12.1. The molecular weight excluding hydrogens is 214 g/mol. The van der Waals surface area contributed by atoms with Crippen molar-refractivity contribution in [3.05, 3.63) is 35.4 Å². The highest BCUT2D eigenvalue weighted by molar-refractivity contribution is 5.79. The molecule has 0 aliphatic heterocycles. The molecule has 1 aromatic carbocycles. The monoisotopic (exact) mass is 233 g/mol. The van der Waals surface area contributed by atoms with Crippen molar-refractivity contribution >= 4 is 5.91 Å². The highest BCUT2D eigenvalue weighted by Crippen LogP contribution is 2.44. The SMILES string of the molecule is Cc1ccccc1CC(=O)NCC1(CO)CC1. The summed E-state index contributed by atoms with van der Waals surface area (Å²) < 4.78 is 0. The smallest absolute Gasteiger partial charge is 0.224 e. The Morgan fingerprint density at radius 3 is 2.71 bits per heavy atom. The predicted molar refractivity (Wildman–Crippen MR) is 66.6 cm³/mol. The van der Waals surface area contributed by atoms with Crippen LogP contribution in [0.1, 0.15) is 24.0 Å². The van der Waals surface area contributed by atoms with Crippen LogP contribution in [-0.4, -0.2) is 24.2 Å². The Kier molecular flexibility index (Phi) is 3.48. The highest BCUT2D eigenvalue weighted by Gasteiger charge is 2.41. The number of benzene rings is 1. The Morgan fingerprint density at radius 1 is 1.41 bits per heavy atom. The molecule has 1 aromatic rings. The number of hydrogen-bond donors (Lipinski definition) is 2. The van der Waals surface area contributed by atoms with Gasteiger partial charge in [-0.1, -0.05) is 24.3 Å². The molecule has 1 aliphatic rings. The van der Waals surface area contributed by atoms with E-state index in [0.717, 1.165) is 24.0 Å². The van der Waals surface area contributed by atoms with Crippen LogP contribution in [0.15, 0.2) is 24.3 Å². The van der Waals surface area contributed by atoms with Crippen LogP contribution in [0.3, 0.4) is 0 Å². The zero-order valence-electron chi connectivity index (χ0n) is 10.2. The van der Waals surface area contributed by atoms with Gasteiger partial charge in [0.2, 0.25) is 5.91 Å². The third-order valence-corrected chi connectivity index (χ3v) is 3.57. The minimum atomic E-state index is -0.0125. The molecule has 1 saturated carbocycles. The topological polar surface area (TPSA) is 49.3 Å². The third-order valence-electron chi connectivity index (χ3n) is 3.57. The Balaban J connectivity index is 1.83. The Bertz CT molecular complexity index is 410. The molecule has 0 saturated heterocycles. The fourth-order valence-electron chi connectivity index (χ4n) is 1.90. The lowest BCUT2D eigenvalue weighted by Crippen LogP contribution is -2.32. The van der Waals surface area contributed by atoms with Crippen LogP contribution in [0, 0.1) is 12.3 Å². The number of rotatable bonds is 5. The summed E-state index contributed by atoms with van der Waals surface area (Å²) in [6, 6.07) is 7.92. The Labute approximate surface area is 102 Å². The van der Waals surface area contributed by atoms with Crippen LogP contribution < -0.4 is 5.32 Å². The lowest BCUT2D eigenvalue weighted by Gasteiger charge is -2.13. The first-order valence-corrected chi connectivity index (χ1v) is 6.07. The van der Waals surface area contributed by atoms with Gasteiger partial charge >= 0.3 is 0 Å². The minimum absolute atomic E-state index is 0.0125. The molecule has 2 rings (SSSR count). The van der Waals surface area contributed by atoms with E-state index < -0.39 is 0 Å². The van der Waals surface area contributed by atoms with Gasteiger partial charge in [0.25, 0.3) is 0 Å². The minimum Gasteiger partial charge on any atom is -0.396 e. The van der Waals surface area contributed by atoms with Gasteiger partial charge in [-0.3, -0.25) is 4.79 Å². The fraction of sp³-hybridized carbons (Fsp3) is 0.500. The zero-order chi connectivity index (χ0) is 12.3. The van der Waals surface area contributed by atoms with Gasteiger partial charge in [-0.2, -0.15) is 0 Å². The number of hydrogen-bond acceptors (Lipinski definition) is 2. The lowest BCUT2D eigenvalue weighted by atomic mass is 10.1. The van der Waals surface area contributed by atoms with Crippen LogP contribution in [-0.2, 0) is 11.2 Å². The van der Waals surface area contributed by atoms with Crippen molar-refractivity contribution in [1.29, 1.82) is 0 Å². The molecule has 2 N–H and O–H groups in total. The standard InChI is InChI=1S/C14H19NO2/c1-11-4-2-3-5-12(11)8-13(17)15-9-14(10-16)6-7-14/h2-5,16H,6-10H2,1H3,(H,15,17). The summed E-state index contributed by atoms with van der Waals surface area (Å²) in [5.74, 6) is 0.0408. The summed E-state index contributed by atoms with van der Waals surface area (Å²) in [6.07, 6.45) is 2.47. The second kappa shape index (κ2) is 4.88. The van der Waals surface area contributed by atoms with E-state index in [1.807, 2.05) is 31.2 Å². The maximum absolute atomic E-state index is 11.8. The number of aliphatic hydroxyl groups is 1. The summed E-state index contributed by atoms with van der Waals surface area (Å²) in [5.41, 5.74) is 2.20. The Morgan fingerprint density at radius 2 is 2.12 bits per heavy atom. The van der Waals surface area contributed by atoms with Gasteiger partial charge < -0.3 is 10.4 Å². The molecule has 1 aliphatic carbocycles. The zero-order valence-corrected chi connectivity index (χ0v) is 10.2. The number of aryl methyl sites for hydroxylation is 1. The maximum atomic E-state index is 11.8. The van der Waals surface area contributed by atoms with E-state index >= 15 is 0 Å². The van der Waals surface area contributed by atoms with Gasteiger partial charge in [0.1, 0.15) is 0 Å². The normalized spacial score (nSPS) is 16.6. The number of carbonyl (C=O) groups is 1. The van der Waals surface area contributed by atoms with Crippen molar-refractivity contribution in [3.63, 3.8) is 0 Å². The number of carbonyl (C=O) groups excluding carboxylic acids is 1. The lowest BCUT2D eigenvalue weighted by molar-refractivity contribution is -0.120. The van der Waals surface area contributed by atoms with Crippen molar-refractivity contribution in [1.82, 2.24) is 5.32 Å². The molecule has 0 radical (unpaired) electrons. The van der Waals surface area contributed by atoms with Crippen molar-refractivity contribution in [2.24, 2.45) is 5.41 Å². The molecule has 3 heteroatoms. The van der Waals surface area contributed by atoms with E-state index in [4.69, 9.17) is 5.11 Å². The summed E-state index contributed by atoms with van der Waals surface area (Å²) in [5, 5.41) is 12.1. The highest BCUT2D eigenvalue weighted by atomic mass is 16.3. The average Bonchev–Trinajstić information content (AvgIpc) is 3.10. The van der Waals surface area contributed by atoms with Crippen molar-refractivity contribution < 1.29 is 9.90 Å². The van der Waals surface area contributed by atoms with Gasteiger partial charge in [-0.25, -0.2) is 0 Å². The molecule has 1 amide bonds. The molecule has 0 heterocycles. The molecule has 3 nitrogen and oxygen atoms in total.